The second-order valence-electron chi connectivity index (χ2n) is 5.03. The summed E-state index contributed by atoms with van der Waals surface area (Å²) in [6, 6.07) is 8.01. The highest BCUT2D eigenvalue weighted by atomic mass is 16.5. The zero-order valence-corrected chi connectivity index (χ0v) is 12.2. The van der Waals surface area contributed by atoms with E-state index in [9.17, 15) is 0 Å². The number of benzene rings is 1. The maximum absolute atomic E-state index is 5.86. The molecule has 0 saturated heterocycles. The zero-order chi connectivity index (χ0) is 14.8. The predicted molar refractivity (Wildman–Crippen MR) is 81.8 cm³/mol. The molecule has 6 heteroatoms. The van der Waals surface area contributed by atoms with Gasteiger partial charge in [0.15, 0.2) is 5.65 Å². The van der Waals surface area contributed by atoms with Crippen LogP contribution >= 0.6 is 0 Å². The van der Waals surface area contributed by atoms with Gasteiger partial charge in [-0.25, -0.2) is 4.98 Å². The molecule has 1 aromatic carbocycles. The Morgan fingerprint density at radius 1 is 1.14 bits per heavy atom. The first-order valence-corrected chi connectivity index (χ1v) is 6.84. The van der Waals surface area contributed by atoms with E-state index in [4.69, 9.17) is 4.74 Å². The Hall–Kier alpha value is -2.63. The average molecular weight is 283 g/mol. The second-order valence-corrected chi connectivity index (χ2v) is 5.03. The topological polar surface area (TPSA) is 75.7 Å². The van der Waals surface area contributed by atoms with Gasteiger partial charge in [0.2, 0.25) is 5.95 Å². The average Bonchev–Trinajstić information content (AvgIpc) is 2.96. The zero-order valence-electron chi connectivity index (χ0n) is 12.2. The molecule has 0 radical (unpaired) electrons. The molecule has 3 rings (SSSR count). The van der Waals surface area contributed by atoms with Crippen molar-refractivity contribution in [2.24, 2.45) is 0 Å². The highest BCUT2D eigenvalue weighted by molar-refractivity contribution is 5.77. The summed E-state index contributed by atoms with van der Waals surface area (Å²) in [5.41, 5.74) is 2.53. The number of fused-ring (bicyclic) bond motifs is 1. The van der Waals surface area contributed by atoms with Crippen LogP contribution < -0.4 is 10.1 Å². The van der Waals surface area contributed by atoms with E-state index in [1.54, 1.807) is 13.4 Å². The lowest BCUT2D eigenvalue weighted by Crippen LogP contribution is -1.99. The van der Waals surface area contributed by atoms with Crippen molar-refractivity contribution in [3.8, 4) is 11.6 Å². The molecule has 0 unspecified atom stereocenters. The van der Waals surface area contributed by atoms with E-state index in [1.165, 1.54) is 5.56 Å². The number of ether oxygens (including phenoxy) is 1. The van der Waals surface area contributed by atoms with Gasteiger partial charge in [0.1, 0.15) is 11.3 Å². The van der Waals surface area contributed by atoms with Crippen LogP contribution in [-0.4, -0.2) is 27.0 Å². The van der Waals surface area contributed by atoms with E-state index in [-0.39, 0.29) is 0 Å². The number of nitrogens with one attached hydrogen (secondary N) is 2. The van der Waals surface area contributed by atoms with Crippen LogP contribution in [0, 0.1) is 0 Å². The van der Waals surface area contributed by atoms with Gasteiger partial charge in [-0.3, -0.25) is 0 Å². The van der Waals surface area contributed by atoms with Crippen molar-refractivity contribution in [1.82, 2.24) is 19.9 Å². The summed E-state index contributed by atoms with van der Waals surface area (Å²) in [6.07, 6.45) is 1.58. The molecule has 0 aliphatic rings. The minimum Gasteiger partial charge on any atom is -0.437 e. The van der Waals surface area contributed by atoms with Crippen molar-refractivity contribution in [2.75, 3.05) is 12.4 Å². The van der Waals surface area contributed by atoms with Gasteiger partial charge in [-0.1, -0.05) is 26.0 Å². The Labute approximate surface area is 122 Å². The smallest absolute Gasteiger partial charge is 0.250 e. The Morgan fingerprint density at radius 3 is 2.57 bits per heavy atom. The number of imidazole rings is 1. The van der Waals surface area contributed by atoms with Crippen molar-refractivity contribution < 1.29 is 4.74 Å². The molecule has 0 fully saturated rings. The third kappa shape index (κ3) is 2.65. The van der Waals surface area contributed by atoms with E-state index in [0.717, 1.165) is 5.75 Å². The summed E-state index contributed by atoms with van der Waals surface area (Å²) in [4.78, 5) is 15.7. The number of nitrogens with zero attached hydrogens (tertiary/aromatic N) is 3. The minimum atomic E-state index is 0.458. The number of H-pyrrole nitrogens is 1. The largest absolute Gasteiger partial charge is 0.437 e. The molecule has 2 N–H and O–H groups in total. The molecular formula is C15H17N5O. The summed E-state index contributed by atoms with van der Waals surface area (Å²) in [6.45, 7) is 4.32. The van der Waals surface area contributed by atoms with Crippen LogP contribution in [0.1, 0.15) is 25.3 Å². The van der Waals surface area contributed by atoms with Gasteiger partial charge >= 0.3 is 0 Å². The standard InChI is InChI=1S/C15H17N5O/c1-9(2)10-4-6-11(7-5-10)21-14-12-13(18-8-17-12)19-15(16-3)20-14/h4-9H,1-3H3,(H2,16,17,18,19,20). The van der Waals surface area contributed by atoms with Gasteiger partial charge in [0, 0.05) is 7.05 Å². The maximum atomic E-state index is 5.86. The molecule has 3 aromatic rings. The van der Waals surface area contributed by atoms with Gasteiger partial charge in [0.05, 0.1) is 6.33 Å². The molecule has 0 saturated carbocycles. The van der Waals surface area contributed by atoms with Crippen LogP contribution in [0.15, 0.2) is 30.6 Å². The number of hydrogen-bond donors (Lipinski definition) is 2. The first-order chi connectivity index (χ1) is 10.2. The summed E-state index contributed by atoms with van der Waals surface area (Å²) in [5.74, 6) is 2.16. The van der Waals surface area contributed by atoms with Gasteiger partial charge in [-0.15, -0.1) is 0 Å². The van der Waals surface area contributed by atoms with Crippen molar-refractivity contribution in [3.05, 3.63) is 36.2 Å². The van der Waals surface area contributed by atoms with E-state index >= 15 is 0 Å². The maximum Gasteiger partial charge on any atom is 0.250 e. The molecular weight excluding hydrogens is 266 g/mol. The molecule has 0 amide bonds. The number of aromatic amines is 1. The molecule has 6 nitrogen and oxygen atoms in total. The third-order valence-electron chi connectivity index (χ3n) is 3.24. The van der Waals surface area contributed by atoms with E-state index in [2.05, 4.69) is 51.2 Å². The Balaban J connectivity index is 1.95. The molecule has 0 bridgehead atoms. The monoisotopic (exact) mass is 283 g/mol. The van der Waals surface area contributed by atoms with Crippen molar-refractivity contribution in [1.29, 1.82) is 0 Å². The third-order valence-corrected chi connectivity index (χ3v) is 3.24. The molecule has 0 atom stereocenters. The van der Waals surface area contributed by atoms with Gasteiger partial charge in [-0.05, 0) is 23.6 Å². The molecule has 108 valence electrons. The van der Waals surface area contributed by atoms with Gasteiger partial charge in [-0.2, -0.15) is 9.97 Å². The number of aromatic nitrogens is 4. The molecule has 2 aromatic heterocycles. The first-order valence-electron chi connectivity index (χ1n) is 6.84. The molecule has 0 aliphatic carbocycles. The molecule has 0 aliphatic heterocycles. The highest BCUT2D eigenvalue weighted by Gasteiger charge is 2.11. The van der Waals surface area contributed by atoms with E-state index in [0.29, 0.717) is 28.9 Å². The number of anilines is 1. The minimum absolute atomic E-state index is 0.458. The number of rotatable bonds is 4. The van der Waals surface area contributed by atoms with Crippen molar-refractivity contribution in [2.45, 2.75) is 19.8 Å². The quantitative estimate of drug-likeness (QED) is 0.768. The van der Waals surface area contributed by atoms with Crippen LogP contribution in [-0.2, 0) is 0 Å². The second kappa shape index (κ2) is 5.40. The summed E-state index contributed by atoms with van der Waals surface area (Å²) in [7, 11) is 1.76. The summed E-state index contributed by atoms with van der Waals surface area (Å²) in [5, 5.41) is 2.90. The van der Waals surface area contributed by atoms with Crippen LogP contribution in [0.3, 0.4) is 0 Å². The first kappa shape index (κ1) is 13.4. The van der Waals surface area contributed by atoms with Crippen molar-refractivity contribution >= 4 is 17.1 Å². The van der Waals surface area contributed by atoms with Crippen LogP contribution in [0.4, 0.5) is 5.95 Å². The van der Waals surface area contributed by atoms with Gasteiger partial charge in [0.25, 0.3) is 5.88 Å². The summed E-state index contributed by atoms with van der Waals surface area (Å²) < 4.78 is 5.86. The Morgan fingerprint density at radius 2 is 1.90 bits per heavy atom. The highest BCUT2D eigenvalue weighted by Crippen LogP contribution is 2.27. The SMILES string of the molecule is CNc1nc(Oc2ccc(C(C)C)cc2)c2[nH]cnc2n1. The summed E-state index contributed by atoms with van der Waals surface area (Å²) >= 11 is 0. The lowest BCUT2D eigenvalue weighted by atomic mass is 10.0. The normalized spacial score (nSPS) is 11.0. The van der Waals surface area contributed by atoms with E-state index in [1.807, 2.05) is 12.1 Å². The Bertz CT molecular complexity index is 748. The van der Waals surface area contributed by atoms with Crippen LogP contribution in [0.25, 0.3) is 11.2 Å². The Kier molecular flexibility index (Phi) is 3.43. The lowest BCUT2D eigenvalue weighted by molar-refractivity contribution is 0.467. The fourth-order valence-corrected chi connectivity index (χ4v) is 2.02. The van der Waals surface area contributed by atoms with Crippen LogP contribution in [0.5, 0.6) is 11.6 Å². The number of hydrogen-bond acceptors (Lipinski definition) is 5. The molecule has 21 heavy (non-hydrogen) atoms. The molecule has 0 spiro atoms. The van der Waals surface area contributed by atoms with E-state index < -0.39 is 0 Å². The van der Waals surface area contributed by atoms with Crippen molar-refractivity contribution in [3.63, 3.8) is 0 Å². The van der Waals surface area contributed by atoms with Gasteiger partial charge < -0.3 is 15.0 Å². The lowest BCUT2D eigenvalue weighted by Gasteiger charge is -2.09. The fraction of sp³-hybridized carbons (Fsp3) is 0.267. The predicted octanol–water partition coefficient (Wildman–Crippen LogP) is 3.31. The molecule has 2 heterocycles. The fourth-order valence-electron chi connectivity index (χ4n) is 2.02. The van der Waals surface area contributed by atoms with Crippen LogP contribution in [0.2, 0.25) is 0 Å².